The number of amides is 1. The van der Waals surface area contributed by atoms with Crippen LogP contribution in [0.1, 0.15) is 47.3 Å². The first kappa shape index (κ1) is 16.0. The number of thioether (sulfide) groups is 1. The van der Waals surface area contributed by atoms with Crippen LogP contribution in [0.15, 0.2) is 11.0 Å². The Labute approximate surface area is 140 Å². The Balaban J connectivity index is 2.06. The van der Waals surface area contributed by atoms with E-state index in [9.17, 15) is 4.79 Å². The molecule has 122 valence electrons. The lowest BCUT2D eigenvalue weighted by Gasteiger charge is -2.35. The van der Waals surface area contributed by atoms with Gasteiger partial charge in [-0.05, 0) is 64.6 Å². The Kier molecular flexibility index (Phi) is 3.91. The van der Waals surface area contributed by atoms with E-state index in [1.54, 1.807) is 7.05 Å². The smallest absolute Gasteiger partial charge is 0.258 e. The van der Waals surface area contributed by atoms with Gasteiger partial charge in [0.25, 0.3) is 5.91 Å². The quantitative estimate of drug-likeness (QED) is 0.916. The van der Waals surface area contributed by atoms with Crippen LogP contribution in [0.4, 0.5) is 5.95 Å². The molecule has 0 bridgehead atoms. The summed E-state index contributed by atoms with van der Waals surface area (Å²) in [4.78, 5) is 14.0. The summed E-state index contributed by atoms with van der Waals surface area (Å²) in [5.41, 5.74) is 4.28. The highest BCUT2D eigenvalue weighted by molar-refractivity contribution is 7.99. The summed E-state index contributed by atoms with van der Waals surface area (Å²) in [5.74, 6) is 1.30. The number of carbonyl (C=O) groups is 1. The Bertz CT molecular complexity index is 781. The van der Waals surface area contributed by atoms with Crippen LogP contribution in [-0.4, -0.2) is 31.9 Å². The number of anilines is 1. The number of fused-ring (bicyclic) bond motifs is 1. The average molecular weight is 331 g/mol. The highest BCUT2D eigenvalue weighted by atomic mass is 32.2. The number of nitrogens with zero attached hydrogens (tertiary/aromatic N) is 4. The molecule has 2 aromatic rings. The van der Waals surface area contributed by atoms with Crippen molar-refractivity contribution in [3.05, 3.63) is 28.3 Å². The fourth-order valence-corrected chi connectivity index (χ4v) is 4.84. The fourth-order valence-electron chi connectivity index (χ4n) is 3.17. The van der Waals surface area contributed by atoms with Crippen LogP contribution < -0.4 is 5.32 Å². The second-order valence-corrected chi connectivity index (χ2v) is 7.74. The predicted molar refractivity (Wildman–Crippen MR) is 91.0 cm³/mol. The third-order valence-corrected chi connectivity index (χ3v) is 5.69. The van der Waals surface area contributed by atoms with Crippen molar-refractivity contribution < 1.29 is 4.79 Å². The molecular weight excluding hydrogens is 310 g/mol. The van der Waals surface area contributed by atoms with Gasteiger partial charge in [-0.25, -0.2) is 4.68 Å². The maximum atomic E-state index is 12.7. The molecule has 0 saturated carbocycles. The Hall–Kier alpha value is -1.89. The molecule has 7 heteroatoms. The average Bonchev–Trinajstić information content (AvgIpc) is 2.87. The van der Waals surface area contributed by atoms with E-state index in [-0.39, 0.29) is 11.3 Å². The third kappa shape index (κ3) is 2.73. The lowest BCUT2D eigenvalue weighted by Crippen LogP contribution is -2.27. The van der Waals surface area contributed by atoms with Crippen molar-refractivity contribution in [2.75, 3.05) is 11.1 Å². The van der Waals surface area contributed by atoms with E-state index in [0.29, 0.717) is 11.5 Å². The van der Waals surface area contributed by atoms with Crippen molar-refractivity contribution in [2.45, 2.75) is 44.4 Å². The molecule has 1 aromatic carbocycles. The summed E-state index contributed by atoms with van der Waals surface area (Å²) in [6.07, 6.45) is 1.11. The number of carbonyl (C=O) groups excluding carboxylic acids is 1. The van der Waals surface area contributed by atoms with Crippen LogP contribution in [0.3, 0.4) is 0 Å². The van der Waals surface area contributed by atoms with Gasteiger partial charge in [0.05, 0.1) is 0 Å². The number of tetrazole rings is 1. The Morgan fingerprint density at radius 2 is 2.13 bits per heavy atom. The van der Waals surface area contributed by atoms with Gasteiger partial charge >= 0.3 is 0 Å². The molecule has 2 heterocycles. The first-order chi connectivity index (χ1) is 10.8. The van der Waals surface area contributed by atoms with E-state index < -0.39 is 0 Å². The molecule has 1 amide bonds. The largest absolute Gasteiger partial charge is 0.289 e. The lowest BCUT2D eigenvalue weighted by molar-refractivity contribution is 0.102. The van der Waals surface area contributed by atoms with E-state index in [1.165, 1.54) is 15.1 Å². The van der Waals surface area contributed by atoms with Crippen LogP contribution in [0, 0.1) is 13.8 Å². The molecular formula is C16H21N5OS. The zero-order valence-electron chi connectivity index (χ0n) is 14.1. The number of nitrogens with one attached hydrogen (secondary N) is 1. The molecule has 0 saturated heterocycles. The summed E-state index contributed by atoms with van der Waals surface area (Å²) in [6.45, 7) is 8.63. The van der Waals surface area contributed by atoms with Gasteiger partial charge in [-0.3, -0.25) is 10.1 Å². The van der Waals surface area contributed by atoms with Gasteiger partial charge in [0, 0.05) is 17.5 Å². The van der Waals surface area contributed by atoms with Crippen LogP contribution in [0.2, 0.25) is 0 Å². The molecule has 1 aliphatic heterocycles. The normalized spacial score (nSPS) is 16.0. The van der Waals surface area contributed by atoms with Crippen molar-refractivity contribution in [3.8, 4) is 0 Å². The van der Waals surface area contributed by atoms with E-state index in [0.717, 1.165) is 23.3 Å². The van der Waals surface area contributed by atoms with Crippen molar-refractivity contribution >= 4 is 23.6 Å². The predicted octanol–water partition coefficient (Wildman–Crippen LogP) is 2.85. The molecule has 0 radical (unpaired) electrons. The second kappa shape index (κ2) is 5.63. The number of benzene rings is 1. The molecule has 1 N–H and O–H groups in total. The standard InChI is InChI=1S/C16H21N5OS/c1-9-8-11(14(22)17-15-18-19-20-21(15)5)10(2)12-13(9)23-7-6-16(12,3)4/h8H,6-7H2,1-5H3,(H,17,18,20,22). The summed E-state index contributed by atoms with van der Waals surface area (Å²) in [6, 6.07) is 1.97. The fraction of sp³-hybridized carbons (Fsp3) is 0.500. The summed E-state index contributed by atoms with van der Waals surface area (Å²) < 4.78 is 1.44. The number of hydrogen-bond donors (Lipinski definition) is 1. The molecule has 23 heavy (non-hydrogen) atoms. The molecule has 3 rings (SSSR count). The van der Waals surface area contributed by atoms with E-state index in [4.69, 9.17) is 0 Å². The van der Waals surface area contributed by atoms with E-state index >= 15 is 0 Å². The minimum atomic E-state index is -0.169. The number of rotatable bonds is 2. The zero-order chi connectivity index (χ0) is 16.8. The van der Waals surface area contributed by atoms with Crippen LogP contribution >= 0.6 is 11.8 Å². The highest BCUT2D eigenvalue weighted by Gasteiger charge is 2.32. The minimum absolute atomic E-state index is 0.0814. The van der Waals surface area contributed by atoms with Crippen molar-refractivity contribution in [2.24, 2.45) is 7.05 Å². The first-order valence-corrected chi connectivity index (χ1v) is 8.61. The first-order valence-electron chi connectivity index (χ1n) is 7.62. The van der Waals surface area contributed by atoms with Crippen LogP contribution in [-0.2, 0) is 12.5 Å². The van der Waals surface area contributed by atoms with E-state index in [2.05, 4.69) is 41.6 Å². The van der Waals surface area contributed by atoms with Gasteiger partial charge < -0.3 is 0 Å². The molecule has 0 spiro atoms. The maximum absolute atomic E-state index is 12.7. The molecule has 1 aliphatic rings. The molecule has 0 fully saturated rings. The van der Waals surface area contributed by atoms with Gasteiger partial charge in [-0.15, -0.1) is 11.8 Å². The number of aromatic nitrogens is 4. The highest BCUT2D eigenvalue weighted by Crippen LogP contribution is 2.45. The summed E-state index contributed by atoms with van der Waals surface area (Å²) in [5, 5.41) is 13.9. The molecule has 0 aliphatic carbocycles. The van der Waals surface area contributed by atoms with Crippen LogP contribution in [0.25, 0.3) is 0 Å². The SMILES string of the molecule is Cc1cc(C(=O)Nc2nnnn2C)c(C)c2c1SCCC2(C)C. The minimum Gasteiger partial charge on any atom is -0.289 e. The van der Waals surface area contributed by atoms with Crippen LogP contribution in [0.5, 0.6) is 0 Å². The zero-order valence-corrected chi connectivity index (χ0v) is 14.9. The third-order valence-electron chi connectivity index (χ3n) is 4.47. The van der Waals surface area contributed by atoms with Gasteiger partial charge in [0.1, 0.15) is 0 Å². The molecule has 0 unspecified atom stereocenters. The second-order valence-electron chi connectivity index (χ2n) is 6.63. The van der Waals surface area contributed by atoms with Gasteiger partial charge in [0.2, 0.25) is 5.95 Å². The Morgan fingerprint density at radius 1 is 1.39 bits per heavy atom. The lowest BCUT2D eigenvalue weighted by atomic mass is 9.77. The Morgan fingerprint density at radius 3 is 2.78 bits per heavy atom. The number of aryl methyl sites for hydroxylation is 2. The molecule has 0 atom stereocenters. The van der Waals surface area contributed by atoms with Gasteiger partial charge in [0.15, 0.2) is 0 Å². The van der Waals surface area contributed by atoms with Crippen molar-refractivity contribution in [1.29, 1.82) is 0 Å². The topological polar surface area (TPSA) is 72.7 Å². The van der Waals surface area contributed by atoms with Crippen molar-refractivity contribution in [3.63, 3.8) is 0 Å². The maximum Gasteiger partial charge on any atom is 0.258 e. The number of hydrogen-bond acceptors (Lipinski definition) is 5. The van der Waals surface area contributed by atoms with Gasteiger partial charge in [-0.2, -0.15) is 0 Å². The summed E-state index contributed by atoms with van der Waals surface area (Å²) >= 11 is 1.89. The van der Waals surface area contributed by atoms with Crippen molar-refractivity contribution in [1.82, 2.24) is 20.2 Å². The van der Waals surface area contributed by atoms with Gasteiger partial charge in [-0.1, -0.05) is 18.9 Å². The summed E-state index contributed by atoms with van der Waals surface area (Å²) in [7, 11) is 1.69. The molecule has 1 aromatic heterocycles. The monoisotopic (exact) mass is 331 g/mol. The molecule has 6 nitrogen and oxygen atoms in total. The van der Waals surface area contributed by atoms with E-state index in [1.807, 2.05) is 24.8 Å².